The van der Waals surface area contributed by atoms with Gasteiger partial charge in [0, 0.05) is 17.6 Å². The Morgan fingerprint density at radius 1 is 1.20 bits per heavy atom. The van der Waals surface area contributed by atoms with Crippen molar-refractivity contribution in [3.63, 3.8) is 0 Å². The topological polar surface area (TPSA) is 92.3 Å². The van der Waals surface area contributed by atoms with Crippen molar-refractivity contribution in [3.05, 3.63) is 24.3 Å². The van der Waals surface area contributed by atoms with E-state index in [-0.39, 0.29) is 28.3 Å². The van der Waals surface area contributed by atoms with Crippen LogP contribution in [-0.4, -0.2) is 34.5 Å². The van der Waals surface area contributed by atoms with Gasteiger partial charge in [-0.25, -0.2) is 21.6 Å². The smallest absolute Gasteiger partial charge is 0.240 e. The van der Waals surface area contributed by atoms with Crippen LogP contribution in [-0.2, 0) is 20.0 Å². The molecule has 0 aliphatic heterocycles. The highest BCUT2D eigenvalue weighted by Gasteiger charge is 2.28. The Bertz CT molecular complexity index is 684. The van der Waals surface area contributed by atoms with Gasteiger partial charge >= 0.3 is 0 Å². The van der Waals surface area contributed by atoms with E-state index in [9.17, 15) is 16.8 Å². The minimum atomic E-state index is -3.60. The van der Waals surface area contributed by atoms with Gasteiger partial charge in [-0.1, -0.05) is 6.07 Å². The molecule has 0 spiro atoms. The molecule has 1 aliphatic carbocycles. The maximum atomic E-state index is 12.0. The number of nitrogens with one attached hydrogen (secondary N) is 2. The van der Waals surface area contributed by atoms with E-state index in [2.05, 4.69) is 9.44 Å². The highest BCUT2D eigenvalue weighted by atomic mass is 35.5. The average molecular weight is 339 g/mol. The van der Waals surface area contributed by atoms with Crippen LogP contribution >= 0.6 is 11.6 Å². The summed E-state index contributed by atoms with van der Waals surface area (Å²) < 4.78 is 52.0. The first-order chi connectivity index (χ1) is 9.32. The van der Waals surface area contributed by atoms with E-state index in [1.54, 1.807) is 0 Å². The maximum absolute atomic E-state index is 12.0. The second-order valence-corrected chi connectivity index (χ2v) is 8.47. The molecule has 0 atom stereocenters. The Hall–Kier alpha value is -0.830. The van der Waals surface area contributed by atoms with E-state index < -0.39 is 20.0 Å². The molecule has 1 aliphatic rings. The SMILES string of the molecule is O=S(=O)(CCCl)Nc1cccc(S(=O)(=O)NC2CC2)c1. The third-order valence-electron chi connectivity index (χ3n) is 2.66. The van der Waals surface area contributed by atoms with Crippen molar-refractivity contribution in [1.82, 2.24) is 4.72 Å². The molecule has 0 saturated heterocycles. The summed E-state index contributed by atoms with van der Waals surface area (Å²) in [4.78, 5) is 0.0375. The van der Waals surface area contributed by atoms with E-state index >= 15 is 0 Å². The predicted octanol–water partition coefficient (Wildman–Crippen LogP) is 1.11. The van der Waals surface area contributed by atoms with Crippen molar-refractivity contribution >= 4 is 37.3 Å². The van der Waals surface area contributed by atoms with E-state index in [0.717, 1.165) is 12.8 Å². The number of hydrogen-bond donors (Lipinski definition) is 2. The van der Waals surface area contributed by atoms with Gasteiger partial charge in [-0.15, -0.1) is 11.6 Å². The molecule has 9 heteroatoms. The van der Waals surface area contributed by atoms with Gasteiger partial charge in [0.05, 0.1) is 10.6 Å². The molecule has 0 aromatic heterocycles. The lowest BCUT2D eigenvalue weighted by atomic mass is 10.3. The first-order valence-electron chi connectivity index (χ1n) is 6.01. The molecule has 0 heterocycles. The van der Waals surface area contributed by atoms with Gasteiger partial charge in [-0.05, 0) is 31.0 Å². The zero-order valence-corrected chi connectivity index (χ0v) is 12.9. The fourth-order valence-corrected chi connectivity index (χ4v) is 4.30. The maximum Gasteiger partial charge on any atom is 0.240 e. The van der Waals surface area contributed by atoms with Crippen LogP contribution in [0.2, 0.25) is 0 Å². The van der Waals surface area contributed by atoms with Crippen molar-refractivity contribution in [2.24, 2.45) is 0 Å². The standard InChI is InChI=1S/C11H15ClN2O4S2/c12-6-7-19(15,16)13-10-2-1-3-11(8-10)20(17,18)14-9-4-5-9/h1-3,8-9,13-14H,4-7H2. The van der Waals surface area contributed by atoms with Crippen LogP contribution in [0, 0.1) is 0 Å². The normalized spacial score (nSPS) is 16.1. The summed E-state index contributed by atoms with van der Waals surface area (Å²) in [5.74, 6) is -0.261. The zero-order valence-electron chi connectivity index (χ0n) is 10.5. The molecule has 0 bridgehead atoms. The first-order valence-corrected chi connectivity index (χ1v) is 9.68. The van der Waals surface area contributed by atoms with E-state index in [1.165, 1.54) is 24.3 Å². The molecule has 6 nitrogen and oxygen atoms in total. The van der Waals surface area contributed by atoms with Crippen LogP contribution in [0.15, 0.2) is 29.2 Å². The molecule has 0 unspecified atom stereocenters. The lowest BCUT2D eigenvalue weighted by Gasteiger charge is -2.09. The second kappa shape index (κ2) is 5.88. The molecule has 20 heavy (non-hydrogen) atoms. The molecule has 1 aromatic carbocycles. The molecule has 1 fully saturated rings. The monoisotopic (exact) mass is 338 g/mol. The van der Waals surface area contributed by atoms with Crippen LogP contribution < -0.4 is 9.44 Å². The first kappa shape index (κ1) is 15.6. The summed E-state index contributed by atoms with van der Waals surface area (Å²) in [6, 6.07) is 5.68. The zero-order chi connectivity index (χ0) is 14.8. The van der Waals surface area contributed by atoms with Crippen molar-refractivity contribution in [3.8, 4) is 0 Å². The molecule has 2 N–H and O–H groups in total. The molecule has 0 radical (unpaired) electrons. The van der Waals surface area contributed by atoms with Gasteiger partial charge in [-0.2, -0.15) is 0 Å². The highest BCUT2D eigenvalue weighted by molar-refractivity contribution is 7.92. The Balaban J connectivity index is 2.19. The van der Waals surface area contributed by atoms with Crippen molar-refractivity contribution in [2.75, 3.05) is 16.4 Å². The second-order valence-electron chi connectivity index (χ2n) is 4.53. The number of halogens is 1. The van der Waals surface area contributed by atoms with Gasteiger partial charge < -0.3 is 0 Å². The third kappa shape index (κ3) is 4.34. The Morgan fingerprint density at radius 3 is 2.50 bits per heavy atom. The summed E-state index contributed by atoms with van der Waals surface area (Å²) in [5, 5.41) is 0. The fraction of sp³-hybridized carbons (Fsp3) is 0.455. The number of anilines is 1. The van der Waals surface area contributed by atoms with E-state index in [0.29, 0.717) is 0 Å². The van der Waals surface area contributed by atoms with Gasteiger partial charge in [-0.3, -0.25) is 4.72 Å². The molecule has 1 aromatic rings. The number of sulfonamides is 2. The summed E-state index contributed by atoms with van der Waals surface area (Å²) in [7, 11) is -7.15. The molecule has 1 saturated carbocycles. The van der Waals surface area contributed by atoms with Crippen LogP contribution in [0.1, 0.15) is 12.8 Å². The van der Waals surface area contributed by atoms with Crippen LogP contribution in [0.4, 0.5) is 5.69 Å². The summed E-state index contributed by atoms with van der Waals surface area (Å²) >= 11 is 5.40. The quantitative estimate of drug-likeness (QED) is 0.728. The lowest BCUT2D eigenvalue weighted by Crippen LogP contribution is -2.26. The van der Waals surface area contributed by atoms with Crippen molar-refractivity contribution < 1.29 is 16.8 Å². The number of benzene rings is 1. The Kier molecular flexibility index (Phi) is 4.58. The lowest BCUT2D eigenvalue weighted by molar-refractivity contribution is 0.581. The molecule has 0 amide bonds. The number of rotatable bonds is 7. The summed E-state index contributed by atoms with van der Waals surface area (Å²) in [6.07, 6.45) is 1.67. The highest BCUT2D eigenvalue weighted by Crippen LogP contribution is 2.23. The third-order valence-corrected chi connectivity index (χ3v) is 5.88. The van der Waals surface area contributed by atoms with E-state index in [1.807, 2.05) is 0 Å². The predicted molar refractivity (Wildman–Crippen MR) is 77.9 cm³/mol. The van der Waals surface area contributed by atoms with Crippen LogP contribution in [0.3, 0.4) is 0 Å². The minimum Gasteiger partial charge on any atom is -0.283 e. The summed E-state index contributed by atoms with van der Waals surface area (Å²) in [5.41, 5.74) is 0.203. The van der Waals surface area contributed by atoms with Crippen molar-refractivity contribution in [2.45, 2.75) is 23.8 Å². The average Bonchev–Trinajstić information content (AvgIpc) is 3.11. The number of alkyl halides is 1. The Morgan fingerprint density at radius 2 is 1.90 bits per heavy atom. The number of hydrogen-bond acceptors (Lipinski definition) is 4. The van der Waals surface area contributed by atoms with Gasteiger partial charge in [0.1, 0.15) is 0 Å². The minimum absolute atomic E-state index is 0.00315. The van der Waals surface area contributed by atoms with Gasteiger partial charge in [0.2, 0.25) is 20.0 Å². The Labute approximate surface area is 123 Å². The van der Waals surface area contributed by atoms with Gasteiger partial charge in [0.15, 0.2) is 0 Å². The van der Waals surface area contributed by atoms with E-state index in [4.69, 9.17) is 11.6 Å². The molecular weight excluding hydrogens is 324 g/mol. The molecular formula is C11H15ClN2O4S2. The van der Waals surface area contributed by atoms with Crippen LogP contribution in [0.25, 0.3) is 0 Å². The van der Waals surface area contributed by atoms with Crippen LogP contribution in [0.5, 0.6) is 0 Å². The summed E-state index contributed by atoms with van der Waals surface area (Å²) in [6.45, 7) is 0. The molecule has 2 rings (SSSR count). The fourth-order valence-electron chi connectivity index (χ4n) is 1.55. The van der Waals surface area contributed by atoms with Crippen molar-refractivity contribution in [1.29, 1.82) is 0 Å². The van der Waals surface area contributed by atoms with Gasteiger partial charge in [0.25, 0.3) is 0 Å². The largest absolute Gasteiger partial charge is 0.283 e. The molecule has 112 valence electrons.